The average Bonchev–Trinajstić information content (AvgIpc) is 2.75. The highest BCUT2D eigenvalue weighted by Gasteiger charge is 2.20. The van der Waals surface area contributed by atoms with E-state index >= 15 is 0 Å². The molecule has 0 heterocycles. The van der Waals surface area contributed by atoms with Gasteiger partial charge in [-0.1, -0.05) is 30.7 Å². The number of para-hydroxylation sites is 1. The molecule has 3 aromatic rings. The third-order valence-electron chi connectivity index (χ3n) is 4.30. The average molecular weight is 463 g/mol. The van der Waals surface area contributed by atoms with Crippen LogP contribution in [0.15, 0.2) is 77.7 Å². The summed E-state index contributed by atoms with van der Waals surface area (Å²) < 4.78 is 46.0. The number of sulfonamides is 1. The Morgan fingerprint density at radius 1 is 1.00 bits per heavy atom. The van der Waals surface area contributed by atoms with Crippen LogP contribution in [0.5, 0.6) is 5.75 Å². The smallest absolute Gasteiger partial charge is 0.265 e. The lowest BCUT2D eigenvalue weighted by Gasteiger charge is -2.18. The van der Waals surface area contributed by atoms with E-state index in [0.29, 0.717) is 22.9 Å². The van der Waals surface area contributed by atoms with Crippen LogP contribution >= 0.6 is 11.6 Å². The molecule has 0 aromatic heterocycles. The molecule has 0 aliphatic carbocycles. The second-order valence-corrected chi connectivity index (χ2v) is 8.66. The van der Waals surface area contributed by atoms with Crippen LogP contribution in [0.2, 0.25) is 5.02 Å². The van der Waals surface area contributed by atoms with Gasteiger partial charge in [0.1, 0.15) is 11.6 Å². The molecular weight excluding hydrogens is 443 g/mol. The molecule has 0 aliphatic heterocycles. The zero-order chi connectivity index (χ0) is 22.4. The maximum Gasteiger partial charge on any atom is 0.265 e. The van der Waals surface area contributed by atoms with Crippen LogP contribution < -0.4 is 14.8 Å². The summed E-state index contributed by atoms with van der Waals surface area (Å²) in [5.74, 6) is -0.450. The summed E-state index contributed by atoms with van der Waals surface area (Å²) in [7, 11) is -3.86. The van der Waals surface area contributed by atoms with E-state index < -0.39 is 21.9 Å². The first-order chi connectivity index (χ1) is 14.8. The Hall–Kier alpha value is -3.10. The van der Waals surface area contributed by atoms with Crippen molar-refractivity contribution < 1.29 is 22.3 Å². The van der Waals surface area contributed by atoms with Crippen molar-refractivity contribution in [3.63, 3.8) is 0 Å². The Kier molecular flexibility index (Phi) is 7.14. The van der Waals surface area contributed by atoms with Crippen LogP contribution in [0.25, 0.3) is 0 Å². The molecule has 2 N–H and O–H groups in total. The van der Waals surface area contributed by atoms with E-state index in [0.717, 1.165) is 12.1 Å². The second kappa shape index (κ2) is 9.80. The molecule has 0 fully saturated rings. The van der Waals surface area contributed by atoms with Gasteiger partial charge in [-0.25, -0.2) is 12.8 Å². The minimum Gasteiger partial charge on any atom is -0.479 e. The van der Waals surface area contributed by atoms with E-state index in [-0.39, 0.29) is 16.5 Å². The fourth-order valence-corrected chi connectivity index (χ4v) is 3.93. The minimum absolute atomic E-state index is 0.00539. The molecule has 0 bridgehead atoms. The number of halogens is 2. The highest BCUT2D eigenvalue weighted by molar-refractivity contribution is 7.92. The van der Waals surface area contributed by atoms with Gasteiger partial charge in [0.15, 0.2) is 6.10 Å². The van der Waals surface area contributed by atoms with Crippen molar-refractivity contribution in [3.05, 3.63) is 83.6 Å². The number of hydrogen-bond acceptors (Lipinski definition) is 4. The number of rotatable bonds is 8. The van der Waals surface area contributed by atoms with E-state index in [1.165, 1.54) is 36.4 Å². The lowest BCUT2D eigenvalue weighted by Crippen LogP contribution is -2.32. The van der Waals surface area contributed by atoms with Gasteiger partial charge in [0, 0.05) is 11.4 Å². The number of nitrogens with one attached hydrogen (secondary N) is 2. The molecule has 1 atom stereocenters. The summed E-state index contributed by atoms with van der Waals surface area (Å²) in [5.41, 5.74) is 0.647. The van der Waals surface area contributed by atoms with Gasteiger partial charge in [-0.2, -0.15) is 0 Å². The van der Waals surface area contributed by atoms with Crippen LogP contribution in [0.4, 0.5) is 15.8 Å². The fraction of sp³-hybridized carbons (Fsp3) is 0.136. The zero-order valence-corrected chi connectivity index (χ0v) is 18.1. The number of hydrogen-bond donors (Lipinski definition) is 2. The van der Waals surface area contributed by atoms with Crippen molar-refractivity contribution in [2.24, 2.45) is 0 Å². The summed E-state index contributed by atoms with van der Waals surface area (Å²) >= 11 is 6.08. The van der Waals surface area contributed by atoms with Crippen molar-refractivity contribution >= 4 is 38.9 Å². The predicted octanol–water partition coefficient (Wildman–Crippen LogP) is 5.08. The number of carbonyl (C=O) groups is 1. The Labute approximate surface area is 185 Å². The van der Waals surface area contributed by atoms with E-state index in [9.17, 15) is 17.6 Å². The Bertz CT molecular complexity index is 1150. The van der Waals surface area contributed by atoms with Crippen molar-refractivity contribution in [1.29, 1.82) is 0 Å². The van der Waals surface area contributed by atoms with Crippen LogP contribution in [0, 0.1) is 5.82 Å². The van der Waals surface area contributed by atoms with E-state index in [1.54, 1.807) is 31.2 Å². The lowest BCUT2D eigenvalue weighted by atomic mass is 10.2. The topological polar surface area (TPSA) is 84.5 Å². The van der Waals surface area contributed by atoms with Gasteiger partial charge < -0.3 is 10.1 Å². The molecule has 162 valence electrons. The summed E-state index contributed by atoms with van der Waals surface area (Å²) in [5, 5.41) is 3.10. The lowest BCUT2D eigenvalue weighted by molar-refractivity contribution is -0.122. The quantitative estimate of drug-likeness (QED) is 0.489. The van der Waals surface area contributed by atoms with Crippen LogP contribution in [-0.4, -0.2) is 20.4 Å². The first kappa shape index (κ1) is 22.6. The highest BCUT2D eigenvalue weighted by atomic mass is 35.5. The third kappa shape index (κ3) is 5.96. The monoisotopic (exact) mass is 462 g/mol. The largest absolute Gasteiger partial charge is 0.479 e. The first-order valence-electron chi connectivity index (χ1n) is 9.39. The molecular formula is C22H20ClFN2O4S. The molecule has 31 heavy (non-hydrogen) atoms. The van der Waals surface area contributed by atoms with Gasteiger partial charge in [0.05, 0.1) is 9.92 Å². The molecule has 0 aliphatic rings. The molecule has 1 amide bonds. The van der Waals surface area contributed by atoms with Crippen molar-refractivity contribution in [1.82, 2.24) is 0 Å². The Morgan fingerprint density at radius 2 is 1.61 bits per heavy atom. The maximum atomic E-state index is 13.0. The zero-order valence-electron chi connectivity index (χ0n) is 16.5. The van der Waals surface area contributed by atoms with Gasteiger partial charge in [0.2, 0.25) is 0 Å². The molecule has 6 nitrogen and oxygen atoms in total. The SMILES string of the molecule is CC[C@H](Oc1ccccc1Cl)C(=O)Nc1ccc(S(=O)(=O)Nc2ccc(F)cc2)cc1. The van der Waals surface area contributed by atoms with Gasteiger partial charge in [-0.05, 0) is 67.1 Å². The van der Waals surface area contributed by atoms with Gasteiger partial charge >= 0.3 is 0 Å². The molecule has 0 spiro atoms. The molecule has 3 rings (SSSR count). The van der Waals surface area contributed by atoms with Crippen LogP contribution in [0.1, 0.15) is 13.3 Å². The van der Waals surface area contributed by atoms with Crippen molar-refractivity contribution in [2.75, 3.05) is 10.0 Å². The van der Waals surface area contributed by atoms with E-state index in [2.05, 4.69) is 10.0 Å². The fourth-order valence-electron chi connectivity index (χ4n) is 2.69. The highest BCUT2D eigenvalue weighted by Crippen LogP contribution is 2.25. The molecule has 0 saturated heterocycles. The molecule has 3 aromatic carbocycles. The van der Waals surface area contributed by atoms with E-state index in [1.807, 2.05) is 0 Å². The van der Waals surface area contributed by atoms with Gasteiger partial charge in [-0.15, -0.1) is 0 Å². The molecule has 0 unspecified atom stereocenters. The number of ether oxygens (including phenoxy) is 1. The summed E-state index contributed by atoms with van der Waals surface area (Å²) in [6, 6.07) is 17.5. The third-order valence-corrected chi connectivity index (χ3v) is 6.01. The summed E-state index contributed by atoms with van der Waals surface area (Å²) in [4.78, 5) is 12.6. The predicted molar refractivity (Wildman–Crippen MR) is 118 cm³/mol. The molecule has 0 saturated carbocycles. The maximum absolute atomic E-state index is 13.0. The summed E-state index contributed by atoms with van der Waals surface area (Å²) in [6.07, 6.45) is -0.367. The number of benzene rings is 3. The molecule has 9 heteroatoms. The van der Waals surface area contributed by atoms with Gasteiger partial charge in [0.25, 0.3) is 15.9 Å². The molecule has 0 radical (unpaired) electrons. The first-order valence-corrected chi connectivity index (χ1v) is 11.2. The van der Waals surface area contributed by atoms with Crippen LogP contribution in [-0.2, 0) is 14.8 Å². The Balaban J connectivity index is 1.67. The normalized spacial score (nSPS) is 12.1. The van der Waals surface area contributed by atoms with Crippen molar-refractivity contribution in [3.8, 4) is 5.75 Å². The summed E-state index contributed by atoms with van der Waals surface area (Å²) in [6.45, 7) is 1.80. The Morgan fingerprint density at radius 3 is 2.23 bits per heavy atom. The number of carbonyl (C=O) groups excluding carboxylic acids is 1. The minimum atomic E-state index is -3.86. The van der Waals surface area contributed by atoms with Crippen molar-refractivity contribution in [2.45, 2.75) is 24.3 Å². The van der Waals surface area contributed by atoms with Gasteiger partial charge in [-0.3, -0.25) is 9.52 Å². The van der Waals surface area contributed by atoms with Crippen LogP contribution in [0.3, 0.4) is 0 Å². The number of anilines is 2. The number of amides is 1. The standard InChI is InChI=1S/C22H20ClFN2O4S/c1-2-20(30-21-6-4-3-5-19(21)23)22(27)25-16-11-13-18(14-12-16)31(28,29)26-17-9-7-15(24)8-10-17/h3-14,20,26H,2H2,1H3,(H,25,27)/t20-/m0/s1. The van der Waals surface area contributed by atoms with E-state index in [4.69, 9.17) is 16.3 Å². The second-order valence-electron chi connectivity index (χ2n) is 6.57.